The van der Waals surface area contributed by atoms with Gasteiger partial charge in [-0.2, -0.15) is 5.10 Å². The number of aromatic carboxylic acids is 1. The SMILES string of the molecule is O=C(O)c1cccc(NN=CC2CC=CCC2)c1. The number of carbonyl (C=O) groups is 1. The van der Waals surface area contributed by atoms with Gasteiger partial charge in [-0.1, -0.05) is 18.2 Å². The number of rotatable bonds is 4. The summed E-state index contributed by atoms with van der Waals surface area (Å²) in [5.74, 6) is -0.454. The van der Waals surface area contributed by atoms with E-state index in [1.807, 2.05) is 6.21 Å². The first-order valence-electron chi connectivity index (χ1n) is 6.03. The summed E-state index contributed by atoms with van der Waals surface area (Å²) < 4.78 is 0. The van der Waals surface area contributed by atoms with Crippen molar-refractivity contribution >= 4 is 17.9 Å². The second kappa shape index (κ2) is 6.00. The first-order chi connectivity index (χ1) is 8.75. The molecule has 0 aliphatic heterocycles. The van der Waals surface area contributed by atoms with Crippen LogP contribution in [0.5, 0.6) is 0 Å². The molecule has 1 aliphatic carbocycles. The molecular weight excluding hydrogens is 228 g/mol. The molecule has 1 atom stereocenters. The molecule has 2 rings (SSSR count). The Hall–Kier alpha value is -2.10. The highest BCUT2D eigenvalue weighted by atomic mass is 16.4. The number of anilines is 1. The monoisotopic (exact) mass is 244 g/mol. The number of hydrogen-bond donors (Lipinski definition) is 2. The van der Waals surface area contributed by atoms with Crippen molar-refractivity contribution < 1.29 is 9.90 Å². The van der Waals surface area contributed by atoms with Crippen LogP contribution in [0.3, 0.4) is 0 Å². The summed E-state index contributed by atoms with van der Waals surface area (Å²) in [6, 6.07) is 6.62. The fourth-order valence-electron chi connectivity index (χ4n) is 1.89. The van der Waals surface area contributed by atoms with Crippen LogP contribution in [0.4, 0.5) is 5.69 Å². The molecule has 94 valence electrons. The van der Waals surface area contributed by atoms with E-state index in [4.69, 9.17) is 5.11 Å². The van der Waals surface area contributed by atoms with Gasteiger partial charge in [0.1, 0.15) is 0 Å². The first kappa shape index (κ1) is 12.4. The molecule has 4 heteroatoms. The Kier molecular flexibility index (Phi) is 4.12. The summed E-state index contributed by atoms with van der Waals surface area (Å²) in [5, 5.41) is 13.0. The molecule has 0 heterocycles. The smallest absolute Gasteiger partial charge is 0.335 e. The van der Waals surface area contributed by atoms with Crippen LogP contribution < -0.4 is 5.43 Å². The van der Waals surface area contributed by atoms with E-state index in [0.29, 0.717) is 11.6 Å². The molecule has 1 aliphatic rings. The zero-order valence-corrected chi connectivity index (χ0v) is 10.0. The highest BCUT2D eigenvalue weighted by Gasteiger charge is 2.06. The van der Waals surface area contributed by atoms with Gasteiger partial charge in [0.2, 0.25) is 0 Å². The molecule has 4 nitrogen and oxygen atoms in total. The van der Waals surface area contributed by atoms with Crippen molar-refractivity contribution in [3.05, 3.63) is 42.0 Å². The molecule has 0 bridgehead atoms. The fraction of sp³-hybridized carbons (Fsp3) is 0.286. The summed E-state index contributed by atoms with van der Waals surface area (Å²) in [4.78, 5) is 10.8. The van der Waals surface area contributed by atoms with E-state index in [1.165, 1.54) is 0 Å². The van der Waals surface area contributed by atoms with E-state index in [2.05, 4.69) is 22.7 Å². The number of benzene rings is 1. The Balaban J connectivity index is 1.93. The number of allylic oxidation sites excluding steroid dienone is 2. The van der Waals surface area contributed by atoms with Crippen molar-refractivity contribution in [3.63, 3.8) is 0 Å². The van der Waals surface area contributed by atoms with E-state index < -0.39 is 5.97 Å². The maximum atomic E-state index is 10.8. The zero-order valence-electron chi connectivity index (χ0n) is 10.0. The van der Waals surface area contributed by atoms with Crippen LogP contribution in [-0.4, -0.2) is 17.3 Å². The Bertz CT molecular complexity index is 480. The molecule has 0 spiro atoms. The van der Waals surface area contributed by atoms with Gasteiger partial charge < -0.3 is 5.11 Å². The van der Waals surface area contributed by atoms with Gasteiger partial charge >= 0.3 is 5.97 Å². The molecule has 0 radical (unpaired) electrons. The lowest BCUT2D eigenvalue weighted by Crippen LogP contribution is -2.05. The van der Waals surface area contributed by atoms with E-state index in [9.17, 15) is 4.79 Å². The number of hydrazone groups is 1. The number of nitrogens with one attached hydrogen (secondary N) is 1. The summed E-state index contributed by atoms with van der Waals surface area (Å²) >= 11 is 0. The normalized spacial score (nSPS) is 19.0. The number of hydrogen-bond acceptors (Lipinski definition) is 3. The summed E-state index contributed by atoms with van der Waals surface area (Å²) in [6.45, 7) is 0. The third kappa shape index (κ3) is 3.45. The Morgan fingerprint density at radius 2 is 2.33 bits per heavy atom. The van der Waals surface area contributed by atoms with Crippen molar-refractivity contribution in [1.29, 1.82) is 0 Å². The van der Waals surface area contributed by atoms with Gasteiger partial charge in [-0.15, -0.1) is 0 Å². The van der Waals surface area contributed by atoms with Crippen LogP contribution in [-0.2, 0) is 0 Å². The quantitative estimate of drug-likeness (QED) is 0.486. The maximum Gasteiger partial charge on any atom is 0.335 e. The molecule has 1 aromatic carbocycles. The van der Waals surface area contributed by atoms with Crippen molar-refractivity contribution in [3.8, 4) is 0 Å². The van der Waals surface area contributed by atoms with Crippen LogP contribution in [0.1, 0.15) is 29.6 Å². The Morgan fingerprint density at radius 1 is 1.44 bits per heavy atom. The van der Waals surface area contributed by atoms with Crippen LogP contribution in [0, 0.1) is 5.92 Å². The van der Waals surface area contributed by atoms with Gasteiger partial charge in [-0.25, -0.2) is 4.79 Å². The largest absolute Gasteiger partial charge is 0.478 e. The van der Waals surface area contributed by atoms with Gasteiger partial charge in [-0.3, -0.25) is 5.43 Å². The number of carboxylic acid groups (broad SMARTS) is 1. The average molecular weight is 244 g/mol. The molecule has 2 N–H and O–H groups in total. The second-order valence-electron chi connectivity index (χ2n) is 4.32. The molecule has 0 fully saturated rings. The molecule has 0 aromatic heterocycles. The van der Waals surface area contributed by atoms with E-state index >= 15 is 0 Å². The van der Waals surface area contributed by atoms with E-state index in [0.717, 1.165) is 19.3 Å². The highest BCUT2D eigenvalue weighted by Crippen LogP contribution is 2.16. The topological polar surface area (TPSA) is 61.7 Å². The third-order valence-electron chi connectivity index (χ3n) is 2.90. The summed E-state index contributed by atoms with van der Waals surface area (Å²) in [6.07, 6.45) is 9.51. The van der Waals surface area contributed by atoms with Crippen molar-refractivity contribution in [1.82, 2.24) is 0 Å². The average Bonchev–Trinajstić information content (AvgIpc) is 2.40. The van der Waals surface area contributed by atoms with Crippen molar-refractivity contribution in [2.75, 3.05) is 5.43 Å². The summed E-state index contributed by atoms with van der Waals surface area (Å²) in [5.41, 5.74) is 3.82. The van der Waals surface area contributed by atoms with Gasteiger partial charge in [-0.05, 0) is 43.4 Å². The molecule has 0 saturated heterocycles. The second-order valence-corrected chi connectivity index (χ2v) is 4.32. The lowest BCUT2D eigenvalue weighted by Gasteiger charge is -2.12. The molecule has 0 amide bonds. The van der Waals surface area contributed by atoms with Crippen LogP contribution in [0.25, 0.3) is 0 Å². The Morgan fingerprint density at radius 3 is 3.06 bits per heavy atom. The molecule has 18 heavy (non-hydrogen) atoms. The predicted molar refractivity (Wildman–Crippen MR) is 72.0 cm³/mol. The standard InChI is InChI=1S/C14H16N2O2/c17-14(18)12-7-4-8-13(9-12)16-15-10-11-5-2-1-3-6-11/h1-2,4,7-11,16H,3,5-6H2,(H,17,18). The number of carboxylic acids is 1. The van der Waals surface area contributed by atoms with Crippen molar-refractivity contribution in [2.24, 2.45) is 11.0 Å². The van der Waals surface area contributed by atoms with Gasteiger partial charge in [0.25, 0.3) is 0 Å². The summed E-state index contributed by atoms with van der Waals surface area (Å²) in [7, 11) is 0. The minimum atomic E-state index is -0.931. The lowest BCUT2D eigenvalue weighted by molar-refractivity contribution is 0.0697. The van der Waals surface area contributed by atoms with Gasteiger partial charge in [0.15, 0.2) is 0 Å². The third-order valence-corrected chi connectivity index (χ3v) is 2.90. The minimum absolute atomic E-state index is 0.260. The highest BCUT2D eigenvalue weighted by molar-refractivity contribution is 5.88. The number of nitrogens with zero attached hydrogens (tertiary/aromatic N) is 1. The minimum Gasteiger partial charge on any atom is -0.478 e. The van der Waals surface area contributed by atoms with Crippen LogP contribution >= 0.6 is 0 Å². The van der Waals surface area contributed by atoms with Gasteiger partial charge in [0, 0.05) is 6.21 Å². The maximum absolute atomic E-state index is 10.8. The molecule has 1 unspecified atom stereocenters. The predicted octanol–water partition coefficient (Wildman–Crippen LogP) is 3.14. The van der Waals surface area contributed by atoms with Crippen molar-refractivity contribution in [2.45, 2.75) is 19.3 Å². The molecular formula is C14H16N2O2. The van der Waals surface area contributed by atoms with E-state index in [1.54, 1.807) is 24.3 Å². The van der Waals surface area contributed by atoms with E-state index in [-0.39, 0.29) is 5.56 Å². The first-order valence-corrected chi connectivity index (χ1v) is 6.03. The van der Waals surface area contributed by atoms with Crippen LogP contribution in [0.2, 0.25) is 0 Å². The Labute approximate surface area is 106 Å². The van der Waals surface area contributed by atoms with Gasteiger partial charge in [0.05, 0.1) is 11.3 Å². The lowest BCUT2D eigenvalue weighted by atomic mass is 9.96. The fourth-order valence-corrected chi connectivity index (χ4v) is 1.89. The zero-order chi connectivity index (χ0) is 12.8. The van der Waals surface area contributed by atoms with Crippen LogP contribution in [0.15, 0.2) is 41.5 Å². The molecule has 0 saturated carbocycles. The molecule has 1 aromatic rings.